The first-order chi connectivity index (χ1) is 62.8. The van der Waals surface area contributed by atoms with E-state index in [0.717, 1.165) is 31.7 Å². The number of aromatic nitrogens is 2. The van der Waals surface area contributed by atoms with E-state index < -0.39 is 236 Å². The number of carbonyl (C=O) groups excluding carboxylic acids is 16. The molecule has 132 heavy (non-hydrogen) atoms. The highest BCUT2D eigenvalue weighted by atomic mass is 19.1. The van der Waals surface area contributed by atoms with E-state index in [1.165, 1.54) is 46.8 Å². The lowest BCUT2D eigenvalue weighted by Crippen LogP contribution is -2.61. The van der Waals surface area contributed by atoms with Crippen molar-refractivity contribution in [1.29, 1.82) is 0 Å². The summed E-state index contributed by atoms with van der Waals surface area (Å²) in [6.45, 7) is 6.91. The van der Waals surface area contributed by atoms with Crippen molar-refractivity contribution in [2.45, 2.75) is 260 Å². The van der Waals surface area contributed by atoms with Gasteiger partial charge in [0.05, 0.1) is 19.1 Å². The summed E-state index contributed by atoms with van der Waals surface area (Å²) in [4.78, 5) is 261. The van der Waals surface area contributed by atoms with Gasteiger partial charge in [0.1, 0.15) is 97.5 Å². The number of fused-ring (bicyclic) bond motifs is 4. The first kappa shape index (κ1) is 102. The number of aromatic amines is 1. The number of carbonyl (C=O) groups is 17. The second kappa shape index (κ2) is 46.0. The van der Waals surface area contributed by atoms with Crippen LogP contribution in [0.1, 0.15) is 161 Å². The van der Waals surface area contributed by atoms with Crippen LogP contribution in [0.25, 0.3) is 21.8 Å². The van der Waals surface area contributed by atoms with Gasteiger partial charge in [-0.15, -0.1) is 0 Å². The lowest BCUT2D eigenvalue weighted by molar-refractivity contribution is -0.149. The van der Waals surface area contributed by atoms with Crippen molar-refractivity contribution in [3.05, 3.63) is 108 Å². The summed E-state index contributed by atoms with van der Waals surface area (Å²) in [6, 6.07) is -1.35. The molecule has 0 bridgehead atoms. The van der Waals surface area contributed by atoms with Gasteiger partial charge >= 0.3 is 5.97 Å². The summed E-state index contributed by atoms with van der Waals surface area (Å²) in [6.07, 6.45) is 1.53. The molecule has 0 radical (unpaired) electrons. The zero-order valence-electron chi connectivity index (χ0n) is 76.0. The highest BCUT2D eigenvalue weighted by Crippen LogP contribution is 2.48. The third-order valence-corrected chi connectivity index (χ3v) is 25.1. The smallest absolute Gasteiger partial charge is 0.323 e. The Balaban J connectivity index is 1.02. The number of aliphatic hydroxyl groups is 1. The van der Waals surface area contributed by atoms with Crippen molar-refractivity contribution in [3.8, 4) is 0 Å². The fraction of sp³-hybridized carbons (Fsp3) is 0.571. The summed E-state index contributed by atoms with van der Waals surface area (Å²) >= 11 is 0. The monoisotopic (exact) mass is 1840 g/mol. The molecule has 7 heterocycles. The van der Waals surface area contributed by atoms with Gasteiger partial charge in [-0.25, -0.2) is 4.39 Å². The number of carboxylic acids is 1. The molecule has 5 fully saturated rings. The predicted octanol–water partition coefficient (Wildman–Crippen LogP) is -1.05. The number of halogens is 1. The van der Waals surface area contributed by atoms with Gasteiger partial charge in [-0.1, -0.05) is 116 Å². The van der Waals surface area contributed by atoms with Crippen molar-refractivity contribution in [2.24, 2.45) is 34.8 Å². The van der Waals surface area contributed by atoms with Gasteiger partial charge in [0.15, 0.2) is 5.66 Å². The second-order valence-electron chi connectivity index (χ2n) is 35.8. The van der Waals surface area contributed by atoms with Gasteiger partial charge in [-0.2, -0.15) is 0 Å². The van der Waals surface area contributed by atoms with Crippen LogP contribution in [0.5, 0.6) is 0 Å². The molecule has 5 aromatic rings. The number of benzene rings is 3. The van der Waals surface area contributed by atoms with Gasteiger partial charge in [0, 0.05) is 100 Å². The molecule has 3 aromatic carbocycles. The molecular formula is C91H127FN20O20. The minimum atomic E-state index is -1.93. The van der Waals surface area contributed by atoms with Crippen molar-refractivity contribution in [3.63, 3.8) is 0 Å². The molecule has 0 aliphatic carbocycles. The number of unbranched alkanes of at least 4 members (excludes halogenated alkanes) is 2. The standard InChI is InChI=1S/C91H127FN20O20/c1-9-11-23-69-82(123)100-61(36-50(3)4)79(120)105-67(77(96)118)48-132-49-75(115)98-64(38-52-27-29-55(92)30-28-52)87(128)111-35-18-17-32-91(111)90(131)112(91)73(42-74(95)114)89(130)109-34-19-26-70(109)83(124)104-66(43-94)81(122)102-63(37-51(5)6)86(127)110-46-56(113)41-72(110)84(125)101-62(39-53-44-97-59-22-15-13-20-57(53)59)80(121)99-60(31-33-93)78(119)103-65(85(126)107(8)71(24-12-10-2)88(129)106(69)7)40-54-45-108(47-76(116)117)68-25-16-14-21-58(54)68/h13-16,20-22,25,27-30,44-45,50-51,56,60-67,69-73,97,113H,9-12,17-19,23-24,26,31-43,46-49,93-94H2,1-8H3,(H2,95,114)(H2,96,118)(H,98,115)(H,99,121)(H,100,123)(H,101,125)(H,102,122)(H,103,119)(H,104,124)(H,105,120)(H,116,117)/t56-,60+,61+,62+,63+,64+,65+,66+,67+,69+,70+,71+,72+,73+,91-,112?/m1/s1. The number of ether oxygens (including phenoxy) is 1. The highest BCUT2D eigenvalue weighted by molar-refractivity contribution is 6.10. The van der Waals surface area contributed by atoms with E-state index in [4.69, 9.17) is 27.7 Å². The molecule has 2 aromatic heterocycles. The Morgan fingerprint density at radius 2 is 1.15 bits per heavy atom. The zero-order valence-corrected chi connectivity index (χ0v) is 76.0. The first-order valence-electron chi connectivity index (χ1n) is 45.4. The Hall–Kier alpha value is -12.5. The molecule has 16 amide bonds. The normalized spacial score (nSPS) is 26.5. The van der Waals surface area contributed by atoms with Crippen LogP contribution in [0.15, 0.2) is 85.2 Å². The number of hydrogen-bond donors (Lipinski definition) is 15. The van der Waals surface area contributed by atoms with Crippen molar-refractivity contribution >= 4 is 122 Å². The number of primary amides is 2. The van der Waals surface area contributed by atoms with Crippen LogP contribution >= 0.6 is 0 Å². The molecule has 0 saturated carbocycles. The lowest BCUT2D eigenvalue weighted by atomic mass is 9.97. The highest BCUT2D eigenvalue weighted by Gasteiger charge is 2.72. The summed E-state index contributed by atoms with van der Waals surface area (Å²) in [7, 11) is 2.71. The number of aliphatic carboxylic acids is 1. The second-order valence-corrected chi connectivity index (χ2v) is 35.8. The van der Waals surface area contributed by atoms with Gasteiger partial charge < -0.3 is 114 Å². The fourth-order valence-electron chi connectivity index (χ4n) is 18.3. The Labute approximate surface area is 764 Å². The molecule has 15 atom stereocenters. The van der Waals surface area contributed by atoms with E-state index in [-0.39, 0.29) is 109 Å². The Morgan fingerprint density at radius 3 is 1.81 bits per heavy atom. The number of nitrogens with zero attached hydrogens (tertiary/aromatic N) is 7. The molecule has 40 nitrogen and oxygen atoms in total. The van der Waals surface area contributed by atoms with Gasteiger partial charge in [0.2, 0.25) is 88.6 Å². The average molecular weight is 1840 g/mol. The Bertz CT molecular complexity index is 5060. The number of nitrogens with two attached hydrogens (primary N) is 4. The van der Waals surface area contributed by atoms with E-state index in [1.54, 1.807) is 82.4 Å². The SMILES string of the molecule is CCCC[C@H]1C(=O)N(C)[C@@H](CCCC)C(=O)N[C@@H](CC(C)C)C(=O)N[C@H](C(N)=O)COCC(=O)N[C@@H](Cc2ccc(F)cc2)C(=O)N2CCCC[C@@]23C(=O)N3[C@@H](CC(N)=O)C(=O)N2CCC[C@H]2C(=O)N[C@@H](CN)C(=O)N[C@@H](CC(C)C)C(=O)N2C[C@H](O)C[C@H]2C(=O)N[C@@H](Cc2c[nH]c3ccccc23)C(=O)N[C@@H](CCN)C(=O)N[C@@H](Cc2cn(CC(=O)O)c3ccccc23)C(=O)N1C. The molecule has 5 aliphatic rings. The number of piperidine rings is 1. The number of rotatable bonds is 24. The minimum absolute atomic E-state index is 0.00876. The molecule has 41 heteroatoms. The number of hydrogen-bond acceptors (Lipinski definition) is 21. The fourth-order valence-corrected chi connectivity index (χ4v) is 18.3. The number of carboxylic acid groups (broad SMARTS) is 1. The van der Waals surface area contributed by atoms with Crippen molar-refractivity contribution < 1.29 is 101 Å². The number of amides is 16. The van der Waals surface area contributed by atoms with E-state index in [9.17, 15) is 53.0 Å². The van der Waals surface area contributed by atoms with Gasteiger partial charge in [-0.3, -0.25) is 86.4 Å². The van der Waals surface area contributed by atoms with Crippen LogP contribution in [-0.4, -0.2) is 300 Å². The maximum absolute atomic E-state index is 15.9. The van der Waals surface area contributed by atoms with E-state index >= 15 is 43.2 Å². The third-order valence-electron chi connectivity index (χ3n) is 25.1. The van der Waals surface area contributed by atoms with Crippen LogP contribution in [0.3, 0.4) is 0 Å². The molecular weight excluding hydrogens is 1710 g/mol. The minimum Gasteiger partial charge on any atom is -0.480 e. The van der Waals surface area contributed by atoms with Crippen LogP contribution in [0, 0.1) is 17.7 Å². The zero-order chi connectivity index (χ0) is 96.3. The topological polar surface area (TPSA) is 580 Å². The van der Waals surface area contributed by atoms with E-state index in [0.29, 0.717) is 77.0 Å². The molecule has 19 N–H and O–H groups in total. The van der Waals surface area contributed by atoms with Crippen molar-refractivity contribution in [2.75, 3.05) is 60.0 Å². The largest absolute Gasteiger partial charge is 0.480 e. The lowest BCUT2D eigenvalue weighted by Gasteiger charge is -2.38. The van der Waals surface area contributed by atoms with Gasteiger partial charge in [0.25, 0.3) is 5.91 Å². The quantitative estimate of drug-likeness (QED) is 0.0328. The first-order valence-corrected chi connectivity index (χ1v) is 45.4. The van der Waals surface area contributed by atoms with Crippen LogP contribution in [0.2, 0.25) is 0 Å². The molecule has 5 saturated heterocycles. The van der Waals surface area contributed by atoms with E-state index in [2.05, 4.69) is 47.5 Å². The predicted molar refractivity (Wildman–Crippen MR) is 478 cm³/mol. The van der Waals surface area contributed by atoms with Crippen LogP contribution in [0.4, 0.5) is 4.39 Å². The average Bonchev–Trinajstić information content (AvgIpc) is 1.52. The number of H-pyrrole nitrogens is 1. The van der Waals surface area contributed by atoms with E-state index in [1.807, 2.05) is 13.8 Å². The summed E-state index contributed by atoms with van der Waals surface area (Å²) in [5.74, 6) is -17.4. The maximum atomic E-state index is 15.9. The molecule has 5 aliphatic heterocycles. The molecule has 10 rings (SSSR count). The Kier molecular flexibility index (Phi) is 35.4. The Morgan fingerprint density at radius 1 is 0.568 bits per heavy atom. The number of nitrogens with one attached hydrogen (secondary N) is 9. The number of aliphatic hydroxyl groups excluding tert-OH is 1. The van der Waals surface area contributed by atoms with Crippen molar-refractivity contribution in [1.82, 2.24) is 81.5 Å². The summed E-state index contributed by atoms with van der Waals surface area (Å²) < 4.78 is 21.7. The van der Waals surface area contributed by atoms with Crippen LogP contribution in [-0.2, 0) is 112 Å². The summed E-state index contributed by atoms with van der Waals surface area (Å²) in [5.41, 5.74) is 24.6. The molecule has 1 spiro atoms. The number of para-hydroxylation sites is 2. The maximum Gasteiger partial charge on any atom is 0.323 e. The van der Waals surface area contributed by atoms with Crippen LogP contribution < -0.4 is 65.5 Å². The molecule has 0 unspecified atom stereocenters. The number of likely N-dealkylation sites (N-methyl/N-ethyl adjacent to an activating group) is 2. The molecule has 718 valence electrons. The summed E-state index contributed by atoms with van der Waals surface area (Å²) in [5, 5.41) is 44.3. The van der Waals surface area contributed by atoms with Gasteiger partial charge in [-0.05, 0) is 124 Å². The third kappa shape index (κ3) is 24.8.